The number of ketones is 1. The van der Waals surface area contributed by atoms with E-state index < -0.39 is 0 Å². The highest BCUT2D eigenvalue weighted by molar-refractivity contribution is 5.78. The van der Waals surface area contributed by atoms with Gasteiger partial charge in [-0.25, -0.2) is 0 Å². The SMILES string of the molecule is CC/C=C\C/C=C\C/C=C\C/C=C\C/C=C\C/C=C\CCC(=O)OC(C/C=C\CCCCCCCCOC(=O)CCN1CCN(CC)CCN(CCC(=O)OCCCCCCCC/C=C\CC(CCCCCC)CC(=O)CCC/C=C\C/C=C\C/C=C\C/C=C\C/C=C\CC)CC1)CCCCCC. The van der Waals surface area contributed by atoms with Gasteiger partial charge in [0, 0.05) is 78.0 Å². The Morgan fingerprint density at radius 1 is 0.311 bits per heavy atom. The van der Waals surface area contributed by atoms with Crippen LogP contribution in [-0.2, 0) is 33.4 Å². The number of carbonyl (C=O) groups excluding carboxylic acids is 4. The molecule has 10 heteroatoms. The van der Waals surface area contributed by atoms with Crippen LogP contribution in [0.3, 0.4) is 0 Å². The van der Waals surface area contributed by atoms with Gasteiger partial charge in [0.25, 0.3) is 0 Å². The van der Waals surface area contributed by atoms with Gasteiger partial charge in [0.1, 0.15) is 11.9 Å². The number of carbonyl (C=O) groups is 4. The molecule has 0 aliphatic carbocycles. The molecule has 1 aliphatic rings. The molecule has 1 saturated heterocycles. The van der Waals surface area contributed by atoms with Gasteiger partial charge in [0.05, 0.1) is 26.1 Å². The zero-order valence-electron chi connectivity index (χ0n) is 67.0. The summed E-state index contributed by atoms with van der Waals surface area (Å²) in [6.45, 7) is 19.9. The Morgan fingerprint density at radius 3 is 1.09 bits per heavy atom. The summed E-state index contributed by atoms with van der Waals surface area (Å²) < 4.78 is 17.4. The van der Waals surface area contributed by atoms with Gasteiger partial charge < -0.3 is 28.9 Å². The van der Waals surface area contributed by atoms with Crippen molar-refractivity contribution >= 4 is 23.7 Å². The van der Waals surface area contributed by atoms with Crippen molar-refractivity contribution in [2.24, 2.45) is 5.92 Å². The van der Waals surface area contributed by atoms with E-state index in [-0.39, 0.29) is 24.0 Å². The summed E-state index contributed by atoms with van der Waals surface area (Å²) in [6, 6.07) is 0. The lowest BCUT2D eigenvalue weighted by Crippen LogP contribution is -2.38. The first-order chi connectivity index (χ1) is 50.7. The molecule has 0 saturated carbocycles. The topological polar surface area (TPSA) is 106 Å². The van der Waals surface area contributed by atoms with Gasteiger partial charge in [-0.3, -0.25) is 19.2 Å². The minimum atomic E-state index is -0.111. The maximum absolute atomic E-state index is 13.0. The Morgan fingerprint density at radius 2 is 0.660 bits per heavy atom. The van der Waals surface area contributed by atoms with Crippen LogP contribution in [0.5, 0.6) is 0 Å². The van der Waals surface area contributed by atoms with Crippen molar-refractivity contribution in [1.82, 2.24) is 14.7 Å². The zero-order chi connectivity index (χ0) is 74.3. The first-order valence-corrected chi connectivity index (χ1v) is 42.4. The molecule has 1 aliphatic heterocycles. The van der Waals surface area contributed by atoms with Crippen LogP contribution >= 0.6 is 0 Å². The number of rotatable bonds is 69. The Kier molecular flexibility index (Phi) is 72.1. The lowest BCUT2D eigenvalue weighted by Gasteiger charge is -2.25. The predicted molar refractivity (Wildman–Crippen MR) is 445 cm³/mol. The highest BCUT2D eigenvalue weighted by Gasteiger charge is 2.19. The average Bonchev–Trinajstić information content (AvgIpc) is 1.90. The van der Waals surface area contributed by atoms with E-state index in [2.05, 4.69) is 207 Å². The number of hydrogen-bond acceptors (Lipinski definition) is 10. The van der Waals surface area contributed by atoms with Gasteiger partial charge in [-0.2, -0.15) is 0 Å². The number of nitrogens with zero attached hydrogens (tertiary/aromatic N) is 3. The minimum Gasteiger partial charge on any atom is -0.466 e. The summed E-state index contributed by atoms with van der Waals surface area (Å²) in [5.74, 6) is 0.588. The maximum Gasteiger partial charge on any atom is 0.307 e. The summed E-state index contributed by atoms with van der Waals surface area (Å²) in [4.78, 5) is 58.8. The van der Waals surface area contributed by atoms with E-state index >= 15 is 0 Å². The van der Waals surface area contributed by atoms with Crippen molar-refractivity contribution in [1.29, 1.82) is 0 Å². The van der Waals surface area contributed by atoms with E-state index in [4.69, 9.17) is 14.2 Å². The second-order valence-electron chi connectivity index (χ2n) is 28.3. The quantitative estimate of drug-likeness (QED) is 0.0253. The number of allylic oxidation sites excluding steroid dienone is 25. The maximum atomic E-state index is 13.0. The fourth-order valence-corrected chi connectivity index (χ4v) is 12.4. The van der Waals surface area contributed by atoms with Crippen LogP contribution in [-0.4, -0.2) is 117 Å². The Labute approximate surface area is 634 Å². The molecule has 103 heavy (non-hydrogen) atoms. The van der Waals surface area contributed by atoms with Gasteiger partial charge in [0.2, 0.25) is 0 Å². The number of unbranched alkanes of at least 4 members (excludes halogenated alkanes) is 19. The van der Waals surface area contributed by atoms with Crippen molar-refractivity contribution in [3.8, 4) is 0 Å². The van der Waals surface area contributed by atoms with Crippen LogP contribution in [0.15, 0.2) is 158 Å². The van der Waals surface area contributed by atoms with Crippen LogP contribution in [0.2, 0.25) is 0 Å². The largest absolute Gasteiger partial charge is 0.466 e. The molecular weight excluding hydrogens is 1270 g/mol. The van der Waals surface area contributed by atoms with Crippen molar-refractivity contribution < 1.29 is 33.4 Å². The van der Waals surface area contributed by atoms with Crippen molar-refractivity contribution in [3.63, 3.8) is 0 Å². The van der Waals surface area contributed by atoms with E-state index in [0.29, 0.717) is 70.1 Å². The molecule has 2 atom stereocenters. The van der Waals surface area contributed by atoms with E-state index in [0.717, 1.165) is 219 Å². The number of ether oxygens (including phenoxy) is 3. The number of esters is 3. The Hall–Kier alpha value is -5.42. The van der Waals surface area contributed by atoms with Gasteiger partial charge in [0.15, 0.2) is 0 Å². The second-order valence-corrected chi connectivity index (χ2v) is 28.3. The minimum absolute atomic E-state index is 0.0463. The Balaban J connectivity index is 2.23. The highest BCUT2D eigenvalue weighted by Crippen LogP contribution is 2.22. The lowest BCUT2D eigenvalue weighted by molar-refractivity contribution is -0.149. The fraction of sp³-hybridized carbons (Fsp3) is 0.677. The third kappa shape index (κ3) is 69.4. The summed E-state index contributed by atoms with van der Waals surface area (Å²) >= 11 is 0. The molecule has 0 aromatic carbocycles. The number of likely N-dealkylation sites (N-methyl/N-ethyl adjacent to an activating group) is 1. The molecule has 0 aromatic heterocycles. The standard InChI is InChI=1S/C93H155N3O7/c1-6-11-15-19-21-23-25-27-29-31-32-34-36-38-40-46-52-58-66-74-93(100)103-90(72-64-18-14-9-4)73-65-57-51-45-42-48-54-60-68-86-102-92(99)76-78-96-82-80-94(10-5)79-81-95(83-84-96)77-75-91(98)101-85-67-59-53-47-41-43-49-55-62-70-88(69-61-17-13-8-3)87-89(97)71-63-56-50-44-39-37-35-33-30-28-26-24-22-20-16-12-7-2/h11-12,15-16,21-24,27-30,32,34-35,37-38,40,44,50,52,55,57-58,62,65,88,90H,6-10,13-14,17-20,25-26,31,33,36,39,41-43,45-49,51,53-54,56,59-61,63-64,66-87H2,1-5H3/b15-11-,16-12-,23-21-,24-22-,29-27-,30-28-,34-32-,37-35-,40-38-,50-44-,58-52-,62-55-,65-57-. The molecule has 10 nitrogen and oxygen atoms in total. The highest BCUT2D eigenvalue weighted by atomic mass is 16.5. The van der Waals surface area contributed by atoms with Gasteiger partial charge in [-0.15, -0.1) is 0 Å². The molecule has 0 radical (unpaired) electrons. The second kappa shape index (κ2) is 77.7. The molecule has 0 aromatic rings. The Bertz CT molecular complexity index is 2380. The number of hydrogen-bond donors (Lipinski definition) is 0. The lowest BCUT2D eigenvalue weighted by atomic mass is 9.91. The van der Waals surface area contributed by atoms with Crippen LogP contribution in [0.4, 0.5) is 0 Å². The smallest absolute Gasteiger partial charge is 0.307 e. The summed E-state index contributed by atoms with van der Waals surface area (Å²) in [6.07, 6.45) is 103. The van der Waals surface area contributed by atoms with Gasteiger partial charge in [-0.05, 0) is 167 Å². The predicted octanol–water partition coefficient (Wildman–Crippen LogP) is 25.0. The first kappa shape index (κ1) is 95.6. The monoisotopic (exact) mass is 1430 g/mol. The third-order valence-corrected chi connectivity index (χ3v) is 18.9. The van der Waals surface area contributed by atoms with E-state index in [9.17, 15) is 19.2 Å². The van der Waals surface area contributed by atoms with Crippen LogP contribution in [0, 0.1) is 5.92 Å². The van der Waals surface area contributed by atoms with Crippen molar-refractivity contribution in [3.05, 3.63) is 158 Å². The third-order valence-electron chi connectivity index (χ3n) is 18.9. The van der Waals surface area contributed by atoms with Gasteiger partial charge >= 0.3 is 17.9 Å². The van der Waals surface area contributed by atoms with Crippen LogP contribution in [0.1, 0.15) is 324 Å². The van der Waals surface area contributed by atoms with E-state index in [1.165, 1.54) is 83.5 Å². The molecule has 1 fully saturated rings. The molecule has 0 spiro atoms. The fourth-order valence-electron chi connectivity index (χ4n) is 12.4. The van der Waals surface area contributed by atoms with E-state index in [1.54, 1.807) is 0 Å². The van der Waals surface area contributed by atoms with Crippen molar-refractivity contribution in [2.75, 3.05) is 72.1 Å². The van der Waals surface area contributed by atoms with Crippen LogP contribution in [0.25, 0.3) is 0 Å². The first-order valence-electron chi connectivity index (χ1n) is 42.4. The molecule has 0 amide bonds. The molecule has 1 heterocycles. The normalized spacial score (nSPS) is 15.0. The van der Waals surface area contributed by atoms with Crippen LogP contribution < -0.4 is 0 Å². The number of Topliss-reactive ketones (excluding diaryl/α,β-unsaturated/α-hetero) is 1. The summed E-state index contributed by atoms with van der Waals surface area (Å²) in [5.41, 5.74) is 0. The molecule has 1 rings (SSSR count). The average molecular weight is 1430 g/mol. The summed E-state index contributed by atoms with van der Waals surface area (Å²) in [5, 5.41) is 0. The van der Waals surface area contributed by atoms with E-state index in [1.807, 2.05) is 0 Å². The molecule has 0 N–H and O–H groups in total. The molecule has 2 unspecified atom stereocenters. The molecule has 0 bridgehead atoms. The van der Waals surface area contributed by atoms with Gasteiger partial charge in [-0.1, -0.05) is 289 Å². The zero-order valence-corrected chi connectivity index (χ0v) is 67.0. The molecule has 584 valence electrons. The molecular formula is C93H155N3O7. The summed E-state index contributed by atoms with van der Waals surface area (Å²) in [7, 11) is 0. The van der Waals surface area contributed by atoms with Crippen molar-refractivity contribution in [2.45, 2.75) is 330 Å².